The first kappa shape index (κ1) is 10.2. The van der Waals surface area contributed by atoms with Gasteiger partial charge in [-0.05, 0) is 18.6 Å². The minimum absolute atomic E-state index is 0.104. The van der Waals surface area contributed by atoms with Gasteiger partial charge in [0, 0.05) is 11.5 Å². The number of benzene rings is 1. The Kier molecular flexibility index (Phi) is 2.16. The fourth-order valence-corrected chi connectivity index (χ4v) is 1.46. The minimum atomic E-state index is -1.35. The zero-order valence-electron chi connectivity index (χ0n) is 8.35. The molecule has 0 aliphatic heterocycles. The van der Waals surface area contributed by atoms with Crippen molar-refractivity contribution in [3.05, 3.63) is 39.9 Å². The Balaban J connectivity index is 2.94. The largest absolute Gasteiger partial charge is 0.507 e. The second-order valence-corrected chi connectivity index (χ2v) is 3.40. The van der Waals surface area contributed by atoms with Gasteiger partial charge in [0.2, 0.25) is 5.76 Å². The van der Waals surface area contributed by atoms with Crippen LogP contribution in [-0.4, -0.2) is 16.2 Å². The van der Waals surface area contributed by atoms with Crippen molar-refractivity contribution in [2.75, 3.05) is 0 Å². The summed E-state index contributed by atoms with van der Waals surface area (Å²) in [5.41, 5.74) is -0.209. The van der Waals surface area contributed by atoms with E-state index in [1.807, 2.05) is 0 Å². The summed E-state index contributed by atoms with van der Waals surface area (Å²) in [7, 11) is 0. The van der Waals surface area contributed by atoms with E-state index in [1.165, 1.54) is 6.07 Å². The molecule has 0 aliphatic rings. The molecule has 0 aliphatic carbocycles. The number of aryl methyl sites for hydroxylation is 1. The van der Waals surface area contributed by atoms with E-state index < -0.39 is 17.4 Å². The molecule has 0 radical (unpaired) electrons. The van der Waals surface area contributed by atoms with Crippen LogP contribution in [-0.2, 0) is 0 Å². The number of hydrogen-bond donors (Lipinski definition) is 2. The number of carboxylic acid groups (broad SMARTS) is 1. The van der Waals surface area contributed by atoms with Gasteiger partial charge in [0.25, 0.3) is 0 Å². The molecule has 5 nitrogen and oxygen atoms in total. The fraction of sp³-hybridized carbons (Fsp3) is 0.0909. The number of phenolic OH excluding ortho intramolecular Hbond substituents is 1. The van der Waals surface area contributed by atoms with Gasteiger partial charge in [-0.25, -0.2) is 9.59 Å². The lowest BCUT2D eigenvalue weighted by atomic mass is 10.1. The molecule has 0 bridgehead atoms. The zero-order valence-corrected chi connectivity index (χ0v) is 8.35. The molecule has 82 valence electrons. The monoisotopic (exact) mass is 220 g/mol. The summed E-state index contributed by atoms with van der Waals surface area (Å²) in [6, 6.07) is 4.19. The van der Waals surface area contributed by atoms with Crippen LogP contribution in [0.1, 0.15) is 16.1 Å². The Morgan fingerprint density at radius 1 is 1.31 bits per heavy atom. The lowest BCUT2D eigenvalue weighted by Gasteiger charge is -2.03. The highest BCUT2D eigenvalue weighted by atomic mass is 16.4. The molecule has 0 amide bonds. The highest BCUT2D eigenvalue weighted by Gasteiger charge is 2.13. The number of rotatable bonds is 1. The highest BCUT2D eigenvalue weighted by molar-refractivity contribution is 5.94. The van der Waals surface area contributed by atoms with Crippen LogP contribution in [0.5, 0.6) is 5.75 Å². The van der Waals surface area contributed by atoms with Crippen molar-refractivity contribution >= 4 is 16.7 Å². The van der Waals surface area contributed by atoms with Gasteiger partial charge < -0.3 is 14.6 Å². The topological polar surface area (TPSA) is 87.7 Å². The number of hydrogen-bond acceptors (Lipinski definition) is 4. The Labute approximate surface area is 89.6 Å². The molecule has 1 heterocycles. The maximum absolute atomic E-state index is 11.4. The van der Waals surface area contributed by atoms with E-state index >= 15 is 0 Å². The lowest BCUT2D eigenvalue weighted by molar-refractivity contribution is 0.0658. The molecule has 5 heteroatoms. The van der Waals surface area contributed by atoms with Crippen molar-refractivity contribution in [2.24, 2.45) is 0 Å². The molecule has 0 fully saturated rings. The first-order valence-corrected chi connectivity index (χ1v) is 4.50. The average Bonchev–Trinajstić information content (AvgIpc) is 2.23. The van der Waals surface area contributed by atoms with Gasteiger partial charge in [-0.3, -0.25) is 0 Å². The summed E-state index contributed by atoms with van der Waals surface area (Å²) in [6.45, 7) is 1.66. The summed E-state index contributed by atoms with van der Waals surface area (Å²) >= 11 is 0. The molecule has 2 N–H and O–H groups in total. The summed E-state index contributed by atoms with van der Waals surface area (Å²) < 4.78 is 4.58. The minimum Gasteiger partial charge on any atom is -0.507 e. The summed E-state index contributed by atoms with van der Waals surface area (Å²) in [6.07, 6.45) is 0. The SMILES string of the molecule is Cc1ccc2c(=O)oc(C(=O)O)cc2c1O. The van der Waals surface area contributed by atoms with E-state index in [-0.39, 0.29) is 16.5 Å². The predicted molar refractivity (Wildman–Crippen MR) is 55.8 cm³/mol. The van der Waals surface area contributed by atoms with Crippen molar-refractivity contribution in [2.45, 2.75) is 6.92 Å². The zero-order chi connectivity index (χ0) is 11.9. The quantitative estimate of drug-likeness (QED) is 0.760. The molecular weight excluding hydrogens is 212 g/mol. The van der Waals surface area contributed by atoms with Crippen LogP contribution >= 0.6 is 0 Å². The molecule has 0 saturated carbocycles. The normalized spacial score (nSPS) is 10.6. The van der Waals surface area contributed by atoms with Crippen molar-refractivity contribution in [1.82, 2.24) is 0 Å². The number of aromatic carboxylic acids is 1. The van der Waals surface area contributed by atoms with E-state index in [2.05, 4.69) is 4.42 Å². The van der Waals surface area contributed by atoms with E-state index in [9.17, 15) is 14.7 Å². The molecule has 0 spiro atoms. The third kappa shape index (κ3) is 1.42. The van der Waals surface area contributed by atoms with Gasteiger partial charge in [0.15, 0.2) is 0 Å². The van der Waals surface area contributed by atoms with Crippen LogP contribution in [0.3, 0.4) is 0 Å². The smallest absolute Gasteiger partial charge is 0.371 e. The Bertz CT molecular complexity index is 639. The summed E-state index contributed by atoms with van der Waals surface area (Å²) in [4.78, 5) is 22.1. The van der Waals surface area contributed by atoms with Crippen molar-refractivity contribution in [1.29, 1.82) is 0 Å². The van der Waals surface area contributed by atoms with Crippen LogP contribution < -0.4 is 5.63 Å². The van der Waals surface area contributed by atoms with Crippen LogP contribution in [0.15, 0.2) is 27.4 Å². The molecule has 0 atom stereocenters. The van der Waals surface area contributed by atoms with Gasteiger partial charge in [0.1, 0.15) is 5.75 Å². The maximum atomic E-state index is 11.4. The van der Waals surface area contributed by atoms with Gasteiger partial charge in [0.05, 0.1) is 5.39 Å². The maximum Gasteiger partial charge on any atom is 0.371 e. The summed E-state index contributed by atoms with van der Waals surface area (Å²) in [5, 5.41) is 18.8. The molecule has 1 aromatic carbocycles. The second-order valence-electron chi connectivity index (χ2n) is 3.40. The predicted octanol–water partition coefficient (Wildman–Crippen LogP) is 1.51. The van der Waals surface area contributed by atoms with Crippen molar-refractivity contribution in [3.63, 3.8) is 0 Å². The van der Waals surface area contributed by atoms with Crippen LogP contribution in [0, 0.1) is 6.92 Å². The molecule has 16 heavy (non-hydrogen) atoms. The van der Waals surface area contributed by atoms with Crippen molar-refractivity contribution in [3.8, 4) is 5.75 Å². The Morgan fingerprint density at radius 2 is 2.00 bits per heavy atom. The van der Waals surface area contributed by atoms with Crippen LogP contribution in [0.2, 0.25) is 0 Å². The van der Waals surface area contributed by atoms with Gasteiger partial charge >= 0.3 is 11.6 Å². The average molecular weight is 220 g/mol. The second kappa shape index (κ2) is 3.37. The number of carbonyl (C=O) groups is 1. The lowest BCUT2D eigenvalue weighted by Crippen LogP contribution is -2.06. The molecule has 0 saturated heterocycles. The molecule has 0 unspecified atom stereocenters. The van der Waals surface area contributed by atoms with E-state index in [1.54, 1.807) is 13.0 Å². The van der Waals surface area contributed by atoms with Crippen molar-refractivity contribution < 1.29 is 19.4 Å². The van der Waals surface area contributed by atoms with Crippen LogP contribution in [0.25, 0.3) is 10.8 Å². The van der Waals surface area contributed by atoms with E-state index in [0.717, 1.165) is 6.07 Å². The van der Waals surface area contributed by atoms with E-state index in [4.69, 9.17) is 5.11 Å². The van der Waals surface area contributed by atoms with Gasteiger partial charge in [-0.1, -0.05) is 6.07 Å². The highest BCUT2D eigenvalue weighted by Crippen LogP contribution is 2.26. The fourth-order valence-electron chi connectivity index (χ4n) is 1.46. The number of phenols is 1. The molecule has 2 rings (SSSR count). The number of fused-ring (bicyclic) bond motifs is 1. The molecular formula is C11H8O5. The van der Waals surface area contributed by atoms with Gasteiger partial charge in [-0.15, -0.1) is 0 Å². The first-order valence-electron chi connectivity index (χ1n) is 4.50. The molecule has 1 aromatic heterocycles. The Morgan fingerprint density at radius 3 is 2.62 bits per heavy atom. The summed E-state index contributed by atoms with van der Waals surface area (Å²) in [5.74, 6) is -1.94. The third-order valence-corrected chi connectivity index (χ3v) is 2.33. The standard InChI is InChI=1S/C11H8O5/c1-5-2-3-6-7(9(5)12)4-8(10(13)14)16-11(6)15/h2-4,12H,1H3,(H,13,14). The first-order chi connectivity index (χ1) is 7.50. The van der Waals surface area contributed by atoms with Crippen LogP contribution in [0.4, 0.5) is 0 Å². The number of carboxylic acids is 1. The van der Waals surface area contributed by atoms with Gasteiger partial charge in [-0.2, -0.15) is 0 Å². The molecule has 2 aromatic rings. The Hall–Kier alpha value is -2.30. The third-order valence-electron chi connectivity index (χ3n) is 2.33. The van der Waals surface area contributed by atoms with E-state index in [0.29, 0.717) is 5.56 Å². The number of aromatic hydroxyl groups is 1.